The fourth-order valence-corrected chi connectivity index (χ4v) is 2.18. The van der Waals surface area contributed by atoms with E-state index in [0.717, 1.165) is 13.0 Å². The molecule has 0 unspecified atom stereocenters. The lowest BCUT2D eigenvalue weighted by Crippen LogP contribution is -2.16. The number of hydrogen-bond donors (Lipinski definition) is 2. The quantitative estimate of drug-likeness (QED) is 0.586. The Morgan fingerprint density at radius 3 is 2.89 bits per heavy atom. The number of thiophene rings is 1. The van der Waals surface area contributed by atoms with E-state index in [0.29, 0.717) is 23.6 Å². The van der Waals surface area contributed by atoms with Crippen LogP contribution < -0.4 is 10.6 Å². The van der Waals surface area contributed by atoms with Crippen molar-refractivity contribution >= 4 is 28.2 Å². The lowest BCUT2D eigenvalue weighted by Gasteiger charge is -2.06. The molecule has 1 heterocycles. The van der Waals surface area contributed by atoms with Crippen LogP contribution in [0.2, 0.25) is 0 Å². The van der Waals surface area contributed by atoms with Crippen LogP contribution in [0.25, 0.3) is 0 Å². The van der Waals surface area contributed by atoms with Crippen molar-refractivity contribution in [2.24, 2.45) is 0 Å². The molecule has 0 aliphatic carbocycles. The summed E-state index contributed by atoms with van der Waals surface area (Å²) in [5.74, 6) is -0.484. The van der Waals surface area contributed by atoms with E-state index >= 15 is 0 Å². The average molecular weight is 270 g/mol. The molecule has 100 valence electrons. The van der Waals surface area contributed by atoms with Crippen LogP contribution in [0.5, 0.6) is 0 Å². The maximum atomic E-state index is 11.6. The lowest BCUT2D eigenvalue weighted by molar-refractivity contribution is -0.116. The van der Waals surface area contributed by atoms with Crippen molar-refractivity contribution < 1.29 is 14.3 Å². The van der Waals surface area contributed by atoms with Gasteiger partial charge in [0.2, 0.25) is 5.91 Å². The van der Waals surface area contributed by atoms with Crippen molar-refractivity contribution in [2.75, 3.05) is 25.5 Å². The Morgan fingerprint density at radius 2 is 2.22 bits per heavy atom. The molecule has 1 amide bonds. The molecule has 0 radical (unpaired) electrons. The highest BCUT2D eigenvalue weighted by molar-refractivity contribution is 7.14. The van der Waals surface area contributed by atoms with Gasteiger partial charge < -0.3 is 15.4 Å². The third-order valence-corrected chi connectivity index (χ3v) is 3.07. The number of rotatable bonds is 7. The van der Waals surface area contributed by atoms with Gasteiger partial charge in [-0.15, -0.1) is 11.3 Å². The molecule has 1 aromatic rings. The first kappa shape index (κ1) is 14.7. The second-order valence-electron chi connectivity index (χ2n) is 3.64. The molecule has 0 spiro atoms. The first-order chi connectivity index (χ1) is 8.69. The van der Waals surface area contributed by atoms with Crippen LogP contribution in [0, 0.1) is 0 Å². The monoisotopic (exact) mass is 270 g/mol. The smallest absolute Gasteiger partial charge is 0.341 e. The molecule has 1 aromatic heterocycles. The summed E-state index contributed by atoms with van der Waals surface area (Å²) in [4.78, 5) is 23.2. The number of ether oxygens (including phenoxy) is 1. The summed E-state index contributed by atoms with van der Waals surface area (Å²) in [6.45, 7) is 2.87. The van der Waals surface area contributed by atoms with E-state index in [1.807, 2.05) is 7.05 Å². The van der Waals surface area contributed by atoms with E-state index in [4.69, 9.17) is 4.74 Å². The molecule has 0 aromatic carbocycles. The zero-order valence-electron chi connectivity index (χ0n) is 10.6. The summed E-state index contributed by atoms with van der Waals surface area (Å²) in [6.07, 6.45) is 1.20. The van der Waals surface area contributed by atoms with Crippen LogP contribution in [-0.4, -0.2) is 32.1 Å². The molecule has 2 N–H and O–H groups in total. The van der Waals surface area contributed by atoms with Crippen molar-refractivity contribution in [3.8, 4) is 0 Å². The van der Waals surface area contributed by atoms with Gasteiger partial charge in [-0.2, -0.15) is 0 Å². The van der Waals surface area contributed by atoms with Crippen LogP contribution in [0.15, 0.2) is 11.4 Å². The Hall–Kier alpha value is -1.40. The largest absolute Gasteiger partial charge is 0.462 e. The Balaban J connectivity index is 2.54. The topological polar surface area (TPSA) is 67.4 Å². The molecule has 18 heavy (non-hydrogen) atoms. The number of amides is 1. The predicted molar refractivity (Wildman–Crippen MR) is 72.1 cm³/mol. The maximum Gasteiger partial charge on any atom is 0.341 e. The van der Waals surface area contributed by atoms with Crippen LogP contribution in [-0.2, 0) is 9.53 Å². The third kappa shape index (κ3) is 4.46. The standard InChI is InChI=1S/C12H18N2O3S/c1-3-17-12(16)9-6-8-18-11(9)14-10(15)5-4-7-13-2/h6,8,13H,3-5,7H2,1-2H3,(H,14,15). The van der Waals surface area contributed by atoms with E-state index in [-0.39, 0.29) is 5.91 Å². The van der Waals surface area contributed by atoms with Gasteiger partial charge in [-0.3, -0.25) is 4.79 Å². The normalized spacial score (nSPS) is 10.1. The molecule has 1 rings (SSSR count). The second-order valence-corrected chi connectivity index (χ2v) is 4.56. The Kier molecular flexibility index (Phi) is 6.38. The molecule has 6 heteroatoms. The minimum atomic E-state index is -0.399. The van der Waals surface area contributed by atoms with Gasteiger partial charge in [0.1, 0.15) is 5.00 Å². The predicted octanol–water partition coefficient (Wildman–Crippen LogP) is 1.86. The minimum Gasteiger partial charge on any atom is -0.462 e. The zero-order chi connectivity index (χ0) is 13.4. The van der Waals surface area contributed by atoms with Crippen molar-refractivity contribution in [2.45, 2.75) is 19.8 Å². The summed E-state index contributed by atoms with van der Waals surface area (Å²) in [6, 6.07) is 1.66. The highest BCUT2D eigenvalue weighted by Gasteiger charge is 2.15. The maximum absolute atomic E-state index is 11.6. The highest BCUT2D eigenvalue weighted by Crippen LogP contribution is 2.24. The summed E-state index contributed by atoms with van der Waals surface area (Å²) in [5.41, 5.74) is 0.420. The Labute approximate surface area is 111 Å². The first-order valence-corrected chi connectivity index (χ1v) is 6.76. The van der Waals surface area contributed by atoms with Crippen molar-refractivity contribution in [3.63, 3.8) is 0 Å². The van der Waals surface area contributed by atoms with Crippen LogP contribution in [0.3, 0.4) is 0 Å². The van der Waals surface area contributed by atoms with Crippen LogP contribution in [0.1, 0.15) is 30.1 Å². The molecule has 0 fully saturated rings. The molecule has 0 aliphatic rings. The number of hydrogen-bond acceptors (Lipinski definition) is 5. The summed E-state index contributed by atoms with van der Waals surface area (Å²) in [7, 11) is 1.84. The molecular weight excluding hydrogens is 252 g/mol. The van der Waals surface area contributed by atoms with Crippen molar-refractivity contribution in [1.29, 1.82) is 0 Å². The molecule has 0 atom stereocenters. The molecule has 0 bridgehead atoms. The first-order valence-electron chi connectivity index (χ1n) is 5.88. The van der Waals surface area contributed by atoms with Gasteiger partial charge in [0.25, 0.3) is 0 Å². The summed E-state index contributed by atoms with van der Waals surface area (Å²) in [5, 5.41) is 8.03. The fourth-order valence-electron chi connectivity index (χ4n) is 1.39. The van der Waals surface area contributed by atoms with Crippen molar-refractivity contribution in [1.82, 2.24) is 5.32 Å². The van der Waals surface area contributed by atoms with Gasteiger partial charge in [-0.25, -0.2) is 4.79 Å². The van der Waals surface area contributed by atoms with Gasteiger partial charge in [-0.05, 0) is 38.4 Å². The lowest BCUT2D eigenvalue weighted by atomic mass is 10.3. The summed E-state index contributed by atoms with van der Waals surface area (Å²) < 4.78 is 4.91. The number of esters is 1. The molecule has 0 saturated heterocycles. The molecular formula is C12H18N2O3S. The number of carbonyl (C=O) groups excluding carboxylic acids is 2. The zero-order valence-corrected chi connectivity index (χ0v) is 11.4. The van der Waals surface area contributed by atoms with Crippen molar-refractivity contribution in [3.05, 3.63) is 17.0 Å². The molecule has 5 nitrogen and oxygen atoms in total. The second kappa shape index (κ2) is 7.84. The molecule has 0 saturated carbocycles. The van der Waals surface area contributed by atoms with Crippen LogP contribution in [0.4, 0.5) is 5.00 Å². The van der Waals surface area contributed by atoms with Gasteiger partial charge in [-0.1, -0.05) is 0 Å². The minimum absolute atomic E-state index is 0.0850. The van der Waals surface area contributed by atoms with E-state index in [1.54, 1.807) is 18.4 Å². The number of anilines is 1. The third-order valence-electron chi connectivity index (χ3n) is 2.24. The SMILES string of the molecule is CCOC(=O)c1ccsc1NC(=O)CCCNC. The van der Waals surface area contributed by atoms with E-state index in [2.05, 4.69) is 10.6 Å². The van der Waals surface area contributed by atoms with E-state index in [1.165, 1.54) is 11.3 Å². The fraction of sp³-hybridized carbons (Fsp3) is 0.500. The van der Waals surface area contributed by atoms with E-state index < -0.39 is 5.97 Å². The number of carbonyl (C=O) groups is 2. The Morgan fingerprint density at radius 1 is 1.44 bits per heavy atom. The number of nitrogens with one attached hydrogen (secondary N) is 2. The Bertz CT molecular complexity index is 404. The highest BCUT2D eigenvalue weighted by atomic mass is 32.1. The molecule has 0 aliphatic heterocycles. The van der Waals surface area contributed by atoms with Crippen LogP contribution >= 0.6 is 11.3 Å². The van der Waals surface area contributed by atoms with Gasteiger partial charge in [0.05, 0.1) is 12.2 Å². The average Bonchev–Trinajstić information content (AvgIpc) is 2.78. The summed E-state index contributed by atoms with van der Waals surface area (Å²) >= 11 is 1.32. The van der Waals surface area contributed by atoms with E-state index in [9.17, 15) is 9.59 Å². The van der Waals surface area contributed by atoms with Gasteiger partial charge in [0, 0.05) is 6.42 Å². The van der Waals surface area contributed by atoms with Gasteiger partial charge in [0.15, 0.2) is 0 Å². The van der Waals surface area contributed by atoms with Gasteiger partial charge >= 0.3 is 5.97 Å².